The second kappa shape index (κ2) is 5.72. The predicted octanol–water partition coefficient (Wildman–Crippen LogP) is 3.57. The Hall–Kier alpha value is 0.130. The van der Waals surface area contributed by atoms with Crippen LogP contribution in [0.4, 0.5) is 0 Å². The monoisotopic (exact) mass is 187 g/mol. The van der Waals surface area contributed by atoms with Gasteiger partial charge >= 0.3 is 0 Å². The van der Waals surface area contributed by atoms with Crippen molar-refractivity contribution in [2.45, 2.75) is 58.6 Å². The van der Waals surface area contributed by atoms with E-state index in [0.717, 1.165) is 6.42 Å². The van der Waals surface area contributed by atoms with Crippen molar-refractivity contribution < 1.29 is 0 Å². The Morgan fingerprint density at radius 3 is 2.08 bits per heavy atom. The van der Waals surface area contributed by atoms with Crippen molar-refractivity contribution in [3.8, 4) is 5.18 Å². The van der Waals surface area contributed by atoms with Crippen LogP contribution < -0.4 is 0 Å². The Balaban J connectivity index is 4.51. The lowest BCUT2D eigenvalue weighted by atomic mass is 10.1. The molecule has 0 aliphatic carbocycles. The van der Waals surface area contributed by atoms with Gasteiger partial charge in [0.05, 0.1) is 0 Å². The third-order valence-corrected chi connectivity index (χ3v) is 5.32. The summed E-state index contributed by atoms with van der Waals surface area (Å²) in [6, 6.07) is 0. The zero-order valence-corrected chi connectivity index (χ0v) is 10.1. The quantitative estimate of drug-likeness (QED) is 0.580. The molecule has 0 radical (unpaired) electrons. The normalized spacial score (nSPS) is 11.8. The third kappa shape index (κ3) is 3.69. The lowest BCUT2D eigenvalue weighted by Gasteiger charge is -2.38. The topological polar surface area (TPSA) is 0 Å². The molecule has 0 unspecified atom stereocenters. The lowest BCUT2D eigenvalue weighted by molar-refractivity contribution is 0.679. The fourth-order valence-corrected chi connectivity index (χ4v) is 3.29. The summed E-state index contributed by atoms with van der Waals surface area (Å²) >= 11 is 0. The molecule has 0 saturated carbocycles. The van der Waals surface area contributed by atoms with Crippen LogP contribution in [0.1, 0.15) is 53.9 Å². The van der Waals surface area contributed by atoms with Crippen molar-refractivity contribution in [2.24, 2.45) is 0 Å². The molecule has 0 spiro atoms. The van der Waals surface area contributed by atoms with Gasteiger partial charge in [0.2, 0.25) is 0 Å². The lowest BCUT2D eigenvalue weighted by Crippen LogP contribution is -2.25. The molecule has 12 heavy (non-hydrogen) atoms. The van der Waals surface area contributed by atoms with Crippen LogP contribution in [-0.4, -0.2) is 10.5 Å². The highest BCUT2D eigenvalue weighted by molar-refractivity contribution is 7.87. The molecule has 1 heteroatoms. The standard InChI is InChI=1S/C11H23S/c1-6-9-12(10-7-2)11(4,5)8-3/h6-9H2,1-5H3/q-1. The molecule has 0 atom stereocenters. The fraction of sp³-hybridized carbons (Fsp3) is 0.909. The highest BCUT2D eigenvalue weighted by Crippen LogP contribution is 2.17. The van der Waals surface area contributed by atoms with Gasteiger partial charge in [0, 0.05) is 0 Å². The van der Waals surface area contributed by atoms with Gasteiger partial charge < -0.3 is 15.5 Å². The molecule has 0 aromatic heterocycles. The molecular formula is C11H23S-. The zero-order chi connectivity index (χ0) is 9.61. The molecule has 0 bridgehead atoms. The predicted molar refractivity (Wildman–Crippen MR) is 61.1 cm³/mol. The summed E-state index contributed by atoms with van der Waals surface area (Å²) in [5.74, 6) is 1.33. The third-order valence-electron chi connectivity index (χ3n) is 2.25. The molecule has 0 nitrogen and oxygen atoms in total. The maximum Gasteiger partial charge on any atom is -0.0285 e. The second-order valence-corrected chi connectivity index (χ2v) is 6.29. The van der Waals surface area contributed by atoms with Gasteiger partial charge in [0.25, 0.3) is 0 Å². The number of hydrogen-bond acceptors (Lipinski definition) is 1. The molecule has 0 aromatic carbocycles. The van der Waals surface area contributed by atoms with Crippen LogP contribution >= 0.6 is 0 Å². The summed E-state index contributed by atoms with van der Waals surface area (Å²) in [7, 11) is 0.415. The second-order valence-electron chi connectivity index (χ2n) is 3.71. The summed E-state index contributed by atoms with van der Waals surface area (Å²) in [4.78, 5) is 0. The number of hydrogen-bond donors (Lipinski definition) is 0. The van der Waals surface area contributed by atoms with Gasteiger partial charge in [0.1, 0.15) is 0 Å². The van der Waals surface area contributed by atoms with Crippen molar-refractivity contribution in [3.63, 3.8) is 0 Å². The maximum atomic E-state index is 3.60. The van der Waals surface area contributed by atoms with E-state index in [1.807, 2.05) is 0 Å². The van der Waals surface area contributed by atoms with Gasteiger partial charge in [-0.15, -0.1) is 10.5 Å². The van der Waals surface area contributed by atoms with Crippen molar-refractivity contribution in [1.29, 1.82) is 0 Å². The van der Waals surface area contributed by atoms with Crippen LogP contribution in [-0.2, 0) is 10.3 Å². The van der Waals surface area contributed by atoms with Crippen molar-refractivity contribution >= 4 is 10.3 Å². The summed E-state index contributed by atoms with van der Waals surface area (Å²) in [6.45, 7) is 11.5. The van der Waals surface area contributed by atoms with Crippen LogP contribution in [0.5, 0.6) is 0 Å². The van der Waals surface area contributed by atoms with Crippen LogP contribution in [0.15, 0.2) is 0 Å². The van der Waals surface area contributed by atoms with E-state index in [1.54, 1.807) is 0 Å². The first-order valence-electron chi connectivity index (χ1n) is 5.03. The SMILES string of the molecule is CCC#[S-](CCC)C(C)(C)CC. The van der Waals surface area contributed by atoms with E-state index < -0.39 is 0 Å². The molecule has 0 aliphatic heterocycles. The molecule has 0 rings (SSSR count). The fourth-order valence-electron chi connectivity index (χ4n) is 1.10. The first-order chi connectivity index (χ1) is 5.58. The van der Waals surface area contributed by atoms with Crippen molar-refractivity contribution in [3.05, 3.63) is 0 Å². The maximum absolute atomic E-state index is 3.60. The Bertz CT molecular complexity index is 190. The van der Waals surface area contributed by atoms with Crippen LogP contribution in [0.3, 0.4) is 0 Å². The van der Waals surface area contributed by atoms with E-state index >= 15 is 0 Å². The van der Waals surface area contributed by atoms with Gasteiger partial charge in [-0.3, -0.25) is 0 Å². The molecule has 0 fully saturated rings. The Morgan fingerprint density at radius 2 is 1.75 bits per heavy atom. The summed E-state index contributed by atoms with van der Waals surface area (Å²) in [5.41, 5.74) is 0. The van der Waals surface area contributed by atoms with Gasteiger partial charge in [-0.1, -0.05) is 47.5 Å². The van der Waals surface area contributed by atoms with E-state index in [9.17, 15) is 0 Å². The average Bonchev–Trinajstić information content (AvgIpc) is 2.04. The van der Waals surface area contributed by atoms with Gasteiger partial charge in [-0.25, -0.2) is 0 Å². The summed E-state index contributed by atoms with van der Waals surface area (Å²) in [6.07, 6.45) is 3.66. The first-order valence-corrected chi connectivity index (χ1v) is 6.42. The van der Waals surface area contributed by atoms with Crippen LogP contribution in [0, 0.1) is 5.18 Å². The van der Waals surface area contributed by atoms with E-state index in [-0.39, 0.29) is 0 Å². The Labute approximate surface area is 80.3 Å². The number of rotatable bonds is 2. The average molecular weight is 187 g/mol. The van der Waals surface area contributed by atoms with E-state index in [0.29, 0.717) is 15.0 Å². The molecule has 0 N–H and O–H groups in total. The van der Waals surface area contributed by atoms with Crippen LogP contribution in [0.2, 0.25) is 0 Å². The molecule has 0 heterocycles. The molecule has 74 valence electrons. The Kier molecular flexibility index (Phi) is 5.78. The minimum absolute atomic E-state index is 0.415. The van der Waals surface area contributed by atoms with Crippen LogP contribution in [0.25, 0.3) is 0 Å². The molecule has 0 aliphatic rings. The van der Waals surface area contributed by atoms with Gasteiger partial charge in [0.15, 0.2) is 0 Å². The largest absolute Gasteiger partial charge is 0.449 e. The Morgan fingerprint density at radius 1 is 1.17 bits per heavy atom. The van der Waals surface area contributed by atoms with E-state index in [2.05, 4.69) is 39.8 Å². The smallest absolute Gasteiger partial charge is 0.0285 e. The summed E-state index contributed by atoms with van der Waals surface area (Å²) < 4.78 is 0.478. The summed E-state index contributed by atoms with van der Waals surface area (Å²) in [5, 5.41) is 3.60. The van der Waals surface area contributed by atoms with Crippen molar-refractivity contribution in [1.82, 2.24) is 0 Å². The van der Waals surface area contributed by atoms with Crippen molar-refractivity contribution in [2.75, 3.05) is 5.75 Å². The minimum Gasteiger partial charge on any atom is -0.449 e. The zero-order valence-electron chi connectivity index (χ0n) is 9.24. The highest BCUT2D eigenvalue weighted by Gasteiger charge is 2.05. The first kappa shape index (κ1) is 12.1. The van der Waals surface area contributed by atoms with Gasteiger partial charge in [-0.05, 0) is 6.42 Å². The minimum atomic E-state index is 0.415. The molecule has 0 saturated heterocycles. The molecule has 0 amide bonds. The van der Waals surface area contributed by atoms with E-state index in [1.165, 1.54) is 18.6 Å². The highest BCUT2D eigenvalue weighted by atomic mass is 32.2. The van der Waals surface area contributed by atoms with E-state index in [4.69, 9.17) is 0 Å². The van der Waals surface area contributed by atoms with Gasteiger partial charge in [-0.2, -0.15) is 0 Å². The molecular weight excluding hydrogens is 164 g/mol. The molecule has 0 aromatic rings.